The molecule has 7 heteroatoms. The quantitative estimate of drug-likeness (QED) is 0.601. The Hall–Kier alpha value is -1.76. The molecule has 0 radical (unpaired) electrons. The molecule has 0 heterocycles. The van der Waals surface area contributed by atoms with E-state index in [1.54, 1.807) is 19.9 Å². The van der Waals surface area contributed by atoms with E-state index in [1.807, 2.05) is 0 Å². The highest BCUT2D eigenvalue weighted by atomic mass is 32.2. The van der Waals surface area contributed by atoms with Crippen LogP contribution in [0.15, 0.2) is 18.2 Å². The topological polar surface area (TPSA) is 95.7 Å². The SMILES string of the molecule is CCOC(=O)c1ccc(N)cc1OCCS(=O)(=O)CC. The molecular formula is C13H19NO5S. The van der Waals surface area contributed by atoms with Crippen molar-refractivity contribution < 1.29 is 22.7 Å². The second-order valence-corrected chi connectivity index (χ2v) is 6.53. The Bertz CT molecular complexity index is 568. The van der Waals surface area contributed by atoms with Crippen LogP contribution in [0.2, 0.25) is 0 Å². The first-order valence-corrected chi connectivity index (χ1v) is 8.11. The molecule has 0 fully saturated rings. The maximum absolute atomic E-state index is 11.7. The molecule has 0 unspecified atom stereocenters. The molecule has 0 aliphatic heterocycles. The van der Waals surface area contributed by atoms with Crippen LogP contribution < -0.4 is 10.5 Å². The van der Waals surface area contributed by atoms with Gasteiger partial charge in [0.25, 0.3) is 0 Å². The minimum absolute atomic E-state index is 0.0357. The standard InChI is InChI=1S/C13H19NO5S/c1-3-18-13(15)11-6-5-10(14)9-12(11)19-7-8-20(16,17)4-2/h5-6,9H,3-4,7-8,14H2,1-2H3. The fourth-order valence-electron chi connectivity index (χ4n) is 1.46. The van der Waals surface area contributed by atoms with Crippen molar-refractivity contribution in [3.05, 3.63) is 23.8 Å². The summed E-state index contributed by atoms with van der Waals surface area (Å²) in [5, 5.41) is 0. The molecule has 112 valence electrons. The molecule has 0 aliphatic carbocycles. The van der Waals surface area contributed by atoms with Crippen LogP contribution in [0.1, 0.15) is 24.2 Å². The highest BCUT2D eigenvalue weighted by molar-refractivity contribution is 7.91. The number of nitrogen functional groups attached to an aromatic ring is 1. The normalized spacial score (nSPS) is 11.1. The molecule has 0 amide bonds. The maximum Gasteiger partial charge on any atom is 0.341 e. The zero-order valence-electron chi connectivity index (χ0n) is 11.6. The number of ether oxygens (including phenoxy) is 2. The molecule has 1 aromatic carbocycles. The summed E-state index contributed by atoms with van der Waals surface area (Å²) >= 11 is 0. The average Bonchev–Trinajstić information content (AvgIpc) is 2.39. The summed E-state index contributed by atoms with van der Waals surface area (Å²) in [4.78, 5) is 11.7. The summed E-state index contributed by atoms with van der Waals surface area (Å²) in [5.74, 6) is -0.353. The van der Waals surface area contributed by atoms with Crippen LogP contribution in [0.4, 0.5) is 5.69 Å². The molecule has 0 aliphatic rings. The Morgan fingerprint density at radius 2 is 2.00 bits per heavy atom. The average molecular weight is 301 g/mol. The fraction of sp³-hybridized carbons (Fsp3) is 0.462. The van der Waals surface area contributed by atoms with Gasteiger partial charge in [-0.2, -0.15) is 0 Å². The number of nitrogens with two attached hydrogens (primary N) is 1. The molecule has 6 nitrogen and oxygen atoms in total. The number of anilines is 1. The molecule has 0 atom stereocenters. The number of esters is 1. The van der Waals surface area contributed by atoms with Crippen molar-refractivity contribution in [1.29, 1.82) is 0 Å². The Morgan fingerprint density at radius 1 is 1.30 bits per heavy atom. The monoisotopic (exact) mass is 301 g/mol. The van der Waals surface area contributed by atoms with Crippen LogP contribution in [0, 0.1) is 0 Å². The van der Waals surface area contributed by atoms with E-state index in [2.05, 4.69) is 0 Å². The summed E-state index contributed by atoms with van der Waals surface area (Å²) in [6.07, 6.45) is 0. The smallest absolute Gasteiger partial charge is 0.341 e. The Labute approximate surface area is 118 Å². The lowest BCUT2D eigenvalue weighted by Crippen LogP contribution is -2.17. The van der Waals surface area contributed by atoms with E-state index in [-0.39, 0.29) is 36.0 Å². The van der Waals surface area contributed by atoms with E-state index in [9.17, 15) is 13.2 Å². The molecule has 1 rings (SSSR count). The minimum atomic E-state index is -3.12. The summed E-state index contributed by atoms with van der Waals surface area (Å²) < 4.78 is 33.0. The van der Waals surface area contributed by atoms with E-state index in [0.717, 1.165) is 0 Å². The zero-order valence-corrected chi connectivity index (χ0v) is 12.4. The molecule has 0 saturated heterocycles. The van der Waals surface area contributed by atoms with Crippen LogP contribution in [0.5, 0.6) is 5.75 Å². The van der Waals surface area contributed by atoms with Crippen molar-refractivity contribution in [1.82, 2.24) is 0 Å². The third kappa shape index (κ3) is 4.73. The van der Waals surface area contributed by atoms with Gasteiger partial charge in [0.15, 0.2) is 9.84 Å². The van der Waals surface area contributed by atoms with Crippen LogP contribution in [-0.2, 0) is 14.6 Å². The first kappa shape index (κ1) is 16.3. The van der Waals surface area contributed by atoms with Gasteiger partial charge < -0.3 is 15.2 Å². The van der Waals surface area contributed by atoms with Crippen LogP contribution in [-0.4, -0.2) is 39.1 Å². The zero-order chi connectivity index (χ0) is 15.2. The molecule has 1 aromatic rings. The van der Waals surface area contributed by atoms with Crippen molar-refractivity contribution in [2.45, 2.75) is 13.8 Å². The number of hydrogen-bond acceptors (Lipinski definition) is 6. The predicted molar refractivity (Wildman–Crippen MR) is 76.6 cm³/mol. The van der Waals surface area contributed by atoms with Gasteiger partial charge in [-0.25, -0.2) is 13.2 Å². The van der Waals surface area contributed by atoms with Crippen molar-refractivity contribution in [2.75, 3.05) is 30.5 Å². The third-order valence-electron chi connectivity index (χ3n) is 2.59. The molecule has 20 heavy (non-hydrogen) atoms. The highest BCUT2D eigenvalue weighted by Crippen LogP contribution is 2.22. The first-order valence-electron chi connectivity index (χ1n) is 6.29. The lowest BCUT2D eigenvalue weighted by molar-refractivity contribution is 0.0522. The van der Waals surface area contributed by atoms with Crippen LogP contribution >= 0.6 is 0 Å². The van der Waals surface area contributed by atoms with Crippen molar-refractivity contribution in [3.63, 3.8) is 0 Å². The maximum atomic E-state index is 11.7. The number of carbonyl (C=O) groups is 1. The van der Waals surface area contributed by atoms with Crippen LogP contribution in [0.25, 0.3) is 0 Å². The van der Waals surface area contributed by atoms with Gasteiger partial charge in [-0.15, -0.1) is 0 Å². The van der Waals surface area contributed by atoms with E-state index < -0.39 is 15.8 Å². The third-order valence-corrected chi connectivity index (χ3v) is 4.26. The van der Waals surface area contributed by atoms with Crippen molar-refractivity contribution >= 4 is 21.5 Å². The molecule has 0 saturated carbocycles. The molecule has 2 N–H and O–H groups in total. The lowest BCUT2D eigenvalue weighted by Gasteiger charge is -2.11. The molecule has 0 bridgehead atoms. The van der Waals surface area contributed by atoms with Gasteiger partial charge in [0.05, 0.1) is 12.4 Å². The van der Waals surface area contributed by atoms with Gasteiger partial charge in [0.1, 0.15) is 17.9 Å². The number of sulfone groups is 1. The molecular weight excluding hydrogens is 282 g/mol. The van der Waals surface area contributed by atoms with Crippen LogP contribution in [0.3, 0.4) is 0 Å². The number of rotatable bonds is 7. The fourth-order valence-corrected chi connectivity index (χ4v) is 2.08. The van der Waals surface area contributed by atoms with E-state index in [0.29, 0.717) is 5.69 Å². The first-order chi connectivity index (χ1) is 9.39. The Morgan fingerprint density at radius 3 is 2.60 bits per heavy atom. The number of hydrogen-bond donors (Lipinski definition) is 1. The van der Waals surface area contributed by atoms with Crippen molar-refractivity contribution in [3.8, 4) is 5.75 Å². The van der Waals surface area contributed by atoms with Gasteiger partial charge >= 0.3 is 5.97 Å². The van der Waals surface area contributed by atoms with Gasteiger partial charge in [-0.1, -0.05) is 6.92 Å². The highest BCUT2D eigenvalue weighted by Gasteiger charge is 2.15. The summed E-state index contributed by atoms with van der Waals surface area (Å²) in [6, 6.07) is 4.53. The number of carbonyl (C=O) groups excluding carboxylic acids is 1. The molecule has 0 aromatic heterocycles. The summed E-state index contributed by atoms with van der Waals surface area (Å²) in [6.45, 7) is 3.47. The van der Waals surface area contributed by atoms with Crippen molar-refractivity contribution in [2.24, 2.45) is 0 Å². The lowest BCUT2D eigenvalue weighted by atomic mass is 10.2. The Balaban J connectivity index is 2.82. The van der Waals surface area contributed by atoms with Gasteiger partial charge in [0.2, 0.25) is 0 Å². The second-order valence-electron chi connectivity index (χ2n) is 4.06. The van der Waals surface area contributed by atoms with Gasteiger partial charge in [-0.3, -0.25) is 0 Å². The van der Waals surface area contributed by atoms with Gasteiger partial charge in [0, 0.05) is 17.5 Å². The number of benzene rings is 1. The van der Waals surface area contributed by atoms with Gasteiger partial charge in [-0.05, 0) is 19.1 Å². The minimum Gasteiger partial charge on any atom is -0.492 e. The van der Waals surface area contributed by atoms with E-state index in [1.165, 1.54) is 12.1 Å². The summed E-state index contributed by atoms with van der Waals surface area (Å²) in [7, 11) is -3.12. The van der Waals surface area contributed by atoms with E-state index >= 15 is 0 Å². The Kier molecular flexibility index (Phi) is 5.82. The molecule has 0 spiro atoms. The summed E-state index contributed by atoms with van der Waals surface area (Å²) in [5.41, 5.74) is 6.29. The van der Waals surface area contributed by atoms with E-state index in [4.69, 9.17) is 15.2 Å². The second kappa shape index (κ2) is 7.14. The largest absolute Gasteiger partial charge is 0.492 e. The predicted octanol–water partition coefficient (Wildman–Crippen LogP) is 1.26.